The normalized spacial score (nSPS) is 17.5. The van der Waals surface area contributed by atoms with Gasteiger partial charge in [0.15, 0.2) is 0 Å². The first-order chi connectivity index (χ1) is 7.95. The summed E-state index contributed by atoms with van der Waals surface area (Å²) in [5, 5.41) is 6.89. The minimum absolute atomic E-state index is 0.164. The number of aromatic nitrogens is 1. The van der Waals surface area contributed by atoms with Crippen LogP contribution in [0.5, 0.6) is 0 Å². The molecule has 0 bridgehead atoms. The van der Waals surface area contributed by atoms with Crippen LogP contribution in [0, 0.1) is 0 Å². The molecule has 1 heterocycles. The molecule has 0 aliphatic heterocycles. The first-order valence-electron chi connectivity index (χ1n) is 6.32. The molecule has 3 heteroatoms. The molecule has 94 valence electrons. The van der Waals surface area contributed by atoms with Crippen molar-refractivity contribution in [1.29, 1.82) is 0 Å². The van der Waals surface area contributed by atoms with Crippen LogP contribution in [0.2, 0.25) is 0 Å². The van der Waals surface area contributed by atoms with Crippen LogP contribution < -0.4 is 5.32 Å². The quantitative estimate of drug-likeness (QED) is 0.883. The highest BCUT2D eigenvalue weighted by molar-refractivity contribution is 7.09. The van der Waals surface area contributed by atoms with Gasteiger partial charge >= 0.3 is 0 Å². The summed E-state index contributed by atoms with van der Waals surface area (Å²) in [6, 6.07) is 0.777. The van der Waals surface area contributed by atoms with E-state index in [9.17, 15) is 0 Å². The summed E-state index contributed by atoms with van der Waals surface area (Å²) < 4.78 is 0. The maximum Gasteiger partial charge on any atom is 0.0985 e. The third-order valence-corrected chi connectivity index (χ3v) is 4.09. The Bertz CT molecular complexity index is 408. The summed E-state index contributed by atoms with van der Waals surface area (Å²) in [7, 11) is 0. The van der Waals surface area contributed by atoms with E-state index in [-0.39, 0.29) is 5.41 Å². The average Bonchev–Trinajstić information content (AvgIpc) is 2.93. The zero-order valence-corrected chi connectivity index (χ0v) is 12.0. The molecule has 2 rings (SSSR count). The van der Waals surface area contributed by atoms with E-state index in [0.717, 1.165) is 18.3 Å². The molecule has 0 unspecified atom stereocenters. The van der Waals surface area contributed by atoms with E-state index >= 15 is 0 Å². The Balaban J connectivity index is 1.96. The lowest BCUT2D eigenvalue weighted by molar-refractivity contribution is 0.585. The molecule has 1 N–H and O–H groups in total. The van der Waals surface area contributed by atoms with Crippen LogP contribution in [-0.2, 0) is 5.41 Å². The summed E-state index contributed by atoms with van der Waals surface area (Å²) in [5.74, 6) is 0. The van der Waals surface area contributed by atoms with Crippen LogP contribution in [-0.4, -0.2) is 17.6 Å². The van der Waals surface area contributed by atoms with E-state index < -0.39 is 0 Å². The lowest BCUT2D eigenvalue weighted by atomic mass is 9.98. The van der Waals surface area contributed by atoms with Gasteiger partial charge in [-0.15, -0.1) is 11.3 Å². The van der Waals surface area contributed by atoms with Crippen LogP contribution in [0.15, 0.2) is 11.0 Å². The second kappa shape index (κ2) is 4.91. The molecular formula is C14H22N2S. The molecule has 1 aromatic heterocycles. The van der Waals surface area contributed by atoms with Crippen LogP contribution in [0.4, 0.5) is 0 Å². The van der Waals surface area contributed by atoms with E-state index in [1.54, 1.807) is 11.3 Å². The number of nitrogens with one attached hydrogen (secondary N) is 1. The molecule has 17 heavy (non-hydrogen) atoms. The maximum atomic E-state index is 4.68. The third-order valence-electron chi connectivity index (χ3n) is 2.80. The minimum Gasteiger partial charge on any atom is -0.310 e. The van der Waals surface area contributed by atoms with Gasteiger partial charge in [-0.1, -0.05) is 26.3 Å². The third kappa shape index (κ3) is 3.93. The van der Waals surface area contributed by atoms with Crippen LogP contribution >= 0.6 is 11.3 Å². The van der Waals surface area contributed by atoms with Gasteiger partial charge in [0.2, 0.25) is 0 Å². The lowest BCUT2D eigenvalue weighted by Crippen LogP contribution is -2.18. The van der Waals surface area contributed by atoms with Crippen LogP contribution in [0.25, 0.3) is 6.08 Å². The Morgan fingerprint density at radius 3 is 2.76 bits per heavy atom. The Labute approximate surface area is 108 Å². The molecule has 1 saturated carbocycles. The van der Waals surface area contributed by atoms with E-state index in [4.69, 9.17) is 0 Å². The minimum atomic E-state index is 0.164. The fourth-order valence-corrected chi connectivity index (χ4v) is 2.46. The van der Waals surface area contributed by atoms with Gasteiger partial charge in [0.25, 0.3) is 0 Å². The Morgan fingerprint density at radius 1 is 1.53 bits per heavy atom. The summed E-state index contributed by atoms with van der Waals surface area (Å²) in [4.78, 5) is 4.68. The molecule has 0 amide bonds. The summed E-state index contributed by atoms with van der Waals surface area (Å²) in [6.45, 7) is 9.79. The SMILES string of the molecule is CC(=Cc1csc(C(C)(C)C)n1)CNC1CC1. The molecule has 1 aliphatic rings. The van der Waals surface area contributed by atoms with Gasteiger partial charge in [-0.05, 0) is 25.8 Å². The van der Waals surface area contributed by atoms with Crippen molar-refractivity contribution in [2.75, 3.05) is 6.54 Å². The maximum absolute atomic E-state index is 4.68. The largest absolute Gasteiger partial charge is 0.310 e. The molecule has 1 fully saturated rings. The van der Waals surface area contributed by atoms with Crippen molar-refractivity contribution in [3.8, 4) is 0 Å². The zero-order valence-electron chi connectivity index (χ0n) is 11.2. The first-order valence-corrected chi connectivity index (χ1v) is 7.19. The van der Waals surface area contributed by atoms with Gasteiger partial charge in [0.05, 0.1) is 10.7 Å². The average molecular weight is 250 g/mol. The molecule has 1 aliphatic carbocycles. The summed E-state index contributed by atoms with van der Waals surface area (Å²) >= 11 is 1.76. The number of rotatable bonds is 4. The molecule has 0 aromatic carbocycles. The topological polar surface area (TPSA) is 24.9 Å². The van der Waals surface area contributed by atoms with Crippen molar-refractivity contribution in [3.05, 3.63) is 21.7 Å². The van der Waals surface area contributed by atoms with E-state index in [1.807, 2.05) is 0 Å². The van der Waals surface area contributed by atoms with Gasteiger partial charge in [-0.2, -0.15) is 0 Å². The lowest BCUT2D eigenvalue weighted by Gasteiger charge is -2.13. The Kier molecular flexibility index (Phi) is 3.69. The van der Waals surface area contributed by atoms with Gasteiger partial charge in [-0.3, -0.25) is 0 Å². The molecular weight excluding hydrogens is 228 g/mol. The van der Waals surface area contributed by atoms with Gasteiger partial charge in [-0.25, -0.2) is 4.98 Å². The predicted molar refractivity (Wildman–Crippen MR) is 75.5 cm³/mol. The second-order valence-electron chi connectivity index (χ2n) is 5.97. The fourth-order valence-electron chi connectivity index (χ4n) is 1.59. The Hall–Kier alpha value is -0.670. The molecule has 0 spiro atoms. The molecule has 2 nitrogen and oxygen atoms in total. The highest BCUT2D eigenvalue weighted by Crippen LogP contribution is 2.26. The van der Waals surface area contributed by atoms with E-state index in [1.165, 1.54) is 23.4 Å². The first kappa shape index (κ1) is 12.8. The smallest absolute Gasteiger partial charge is 0.0985 e. The van der Waals surface area contributed by atoms with E-state index in [2.05, 4.69) is 49.5 Å². The monoisotopic (exact) mass is 250 g/mol. The highest BCUT2D eigenvalue weighted by atomic mass is 32.1. The van der Waals surface area contributed by atoms with Crippen molar-refractivity contribution >= 4 is 17.4 Å². The van der Waals surface area contributed by atoms with Gasteiger partial charge < -0.3 is 5.32 Å². The van der Waals surface area contributed by atoms with Crippen molar-refractivity contribution in [2.24, 2.45) is 0 Å². The van der Waals surface area contributed by atoms with Crippen molar-refractivity contribution in [3.63, 3.8) is 0 Å². The van der Waals surface area contributed by atoms with Crippen LogP contribution in [0.1, 0.15) is 51.2 Å². The van der Waals surface area contributed by atoms with E-state index in [0.29, 0.717) is 0 Å². The van der Waals surface area contributed by atoms with Crippen molar-refractivity contribution < 1.29 is 0 Å². The molecule has 0 atom stereocenters. The molecule has 1 aromatic rings. The van der Waals surface area contributed by atoms with Gasteiger partial charge in [0.1, 0.15) is 0 Å². The molecule has 0 radical (unpaired) electrons. The number of nitrogens with zero attached hydrogens (tertiary/aromatic N) is 1. The Morgan fingerprint density at radius 2 is 2.24 bits per heavy atom. The number of thiazole rings is 1. The molecule has 0 saturated heterocycles. The fraction of sp³-hybridized carbons (Fsp3) is 0.643. The zero-order chi connectivity index (χ0) is 12.5. The highest BCUT2D eigenvalue weighted by Gasteiger charge is 2.20. The summed E-state index contributed by atoms with van der Waals surface area (Å²) in [6.07, 6.45) is 4.89. The second-order valence-corrected chi connectivity index (χ2v) is 6.83. The van der Waals surface area contributed by atoms with Gasteiger partial charge in [0, 0.05) is 23.4 Å². The summed E-state index contributed by atoms with van der Waals surface area (Å²) in [5.41, 5.74) is 2.63. The number of hydrogen-bond acceptors (Lipinski definition) is 3. The number of hydrogen-bond donors (Lipinski definition) is 1. The standard InChI is InChI=1S/C14H22N2S/c1-10(8-15-11-5-6-11)7-12-9-17-13(16-12)14(2,3)4/h7,9,11,15H,5-6,8H2,1-4H3. The predicted octanol–water partition coefficient (Wildman–Crippen LogP) is 3.60. The van der Waals surface area contributed by atoms with Crippen LogP contribution in [0.3, 0.4) is 0 Å². The van der Waals surface area contributed by atoms with Crippen molar-refractivity contribution in [2.45, 2.75) is 52.0 Å². The van der Waals surface area contributed by atoms with Crippen molar-refractivity contribution in [1.82, 2.24) is 10.3 Å².